The van der Waals surface area contributed by atoms with Crippen LogP contribution in [0.1, 0.15) is 29.7 Å². The molecule has 0 saturated carbocycles. The Labute approximate surface area is 58.7 Å². The van der Waals surface area contributed by atoms with E-state index in [1.54, 1.807) is 0 Å². The van der Waals surface area contributed by atoms with Gasteiger partial charge in [-0.15, -0.1) is 0 Å². The first-order valence-electron chi connectivity index (χ1n) is 0.855. The molecular weight excluding hydrogens is 120 g/mol. The third kappa shape index (κ3) is 480. The molecule has 9 heavy (non-hydrogen) atoms. The van der Waals surface area contributed by atoms with E-state index in [0.717, 1.165) is 7.11 Å². The minimum atomic E-state index is 0. The molecule has 0 aromatic heterocycles. The van der Waals surface area contributed by atoms with Crippen molar-refractivity contribution >= 4 is 6.15 Å². The highest BCUT2D eigenvalue weighted by Crippen LogP contribution is 0.787. The molecular formula is C6H20O3. The standard InChI is InChI=1S/CO2.CH4O.4CH4/c2-1-3;1-2;;;;/h;2H,1H3;4*1H4. The van der Waals surface area contributed by atoms with E-state index in [9.17, 15) is 0 Å². The summed E-state index contributed by atoms with van der Waals surface area (Å²) in [7, 11) is 1.00. The molecule has 0 amide bonds. The first-order chi connectivity index (χ1) is 2.41. The highest BCUT2D eigenvalue weighted by Gasteiger charge is 1.13. The van der Waals surface area contributed by atoms with E-state index in [2.05, 4.69) is 0 Å². The second-order valence-corrected chi connectivity index (χ2v) is 0.0833. The summed E-state index contributed by atoms with van der Waals surface area (Å²) in [5, 5.41) is 7.00. The van der Waals surface area contributed by atoms with Crippen LogP contribution in [0.25, 0.3) is 0 Å². The first kappa shape index (κ1) is 82.1. The Morgan fingerprint density at radius 3 is 0.889 bits per heavy atom. The van der Waals surface area contributed by atoms with Crippen LogP contribution in [0, 0.1) is 0 Å². The van der Waals surface area contributed by atoms with Gasteiger partial charge in [0.2, 0.25) is 0 Å². The summed E-state index contributed by atoms with van der Waals surface area (Å²) in [6, 6.07) is 0. The van der Waals surface area contributed by atoms with E-state index in [4.69, 9.17) is 14.7 Å². The van der Waals surface area contributed by atoms with Crippen LogP contribution in [-0.4, -0.2) is 18.4 Å². The average Bonchev–Trinajstić information content (AvgIpc) is 1.46. The van der Waals surface area contributed by atoms with Crippen molar-refractivity contribution in [1.82, 2.24) is 0 Å². The highest BCUT2D eigenvalue weighted by molar-refractivity contribution is 5.20. The van der Waals surface area contributed by atoms with Crippen LogP contribution in [0.4, 0.5) is 0 Å². The molecule has 0 spiro atoms. The van der Waals surface area contributed by atoms with Gasteiger partial charge in [-0.3, -0.25) is 0 Å². The summed E-state index contributed by atoms with van der Waals surface area (Å²) in [6.07, 6.45) is 0.250. The van der Waals surface area contributed by atoms with E-state index in [-0.39, 0.29) is 35.9 Å². The van der Waals surface area contributed by atoms with Crippen molar-refractivity contribution in [3.8, 4) is 0 Å². The molecule has 0 aliphatic rings. The molecule has 0 aliphatic heterocycles. The van der Waals surface area contributed by atoms with E-state index in [1.807, 2.05) is 0 Å². The minimum absolute atomic E-state index is 0. The van der Waals surface area contributed by atoms with E-state index >= 15 is 0 Å². The number of hydrogen-bond donors (Lipinski definition) is 1. The fourth-order valence-electron chi connectivity index (χ4n) is 0. The SMILES string of the molecule is C.C.C.C.CO.O=C=O. The largest absolute Gasteiger partial charge is 0.400 e. The molecule has 0 aromatic carbocycles. The lowest BCUT2D eigenvalue weighted by Gasteiger charge is -1.21. The molecule has 0 rings (SSSR count). The van der Waals surface area contributed by atoms with Crippen LogP contribution in [0.5, 0.6) is 0 Å². The third-order valence-corrected chi connectivity index (χ3v) is 0. The summed E-state index contributed by atoms with van der Waals surface area (Å²) in [4.78, 5) is 16.2. The Morgan fingerprint density at radius 1 is 0.889 bits per heavy atom. The van der Waals surface area contributed by atoms with Crippen LogP contribution in [-0.2, 0) is 9.59 Å². The predicted octanol–water partition coefficient (Wildman–Crippen LogP) is 1.57. The molecule has 0 heterocycles. The average molecular weight is 140 g/mol. The van der Waals surface area contributed by atoms with Gasteiger partial charge < -0.3 is 5.11 Å². The number of carbonyl (C=O) groups excluding carboxylic acids is 2. The molecule has 3 heteroatoms. The molecule has 3 nitrogen and oxygen atoms in total. The number of aliphatic hydroxyl groups is 1. The van der Waals surface area contributed by atoms with Gasteiger partial charge in [0, 0.05) is 7.11 Å². The number of aliphatic hydroxyl groups excluding tert-OH is 1. The predicted molar refractivity (Wildman–Crippen MR) is 40.1 cm³/mol. The Hall–Kier alpha value is -0.660. The fourth-order valence-corrected chi connectivity index (χ4v) is 0. The Balaban J connectivity index is -0.00000000357. The lowest BCUT2D eigenvalue weighted by atomic mass is 11.8. The maximum Gasteiger partial charge on any atom is 0.373 e. The second kappa shape index (κ2) is 2550. The molecule has 0 bridgehead atoms. The molecule has 0 saturated heterocycles. The van der Waals surface area contributed by atoms with Gasteiger partial charge >= 0.3 is 6.15 Å². The molecule has 0 aromatic rings. The van der Waals surface area contributed by atoms with E-state index < -0.39 is 0 Å². The maximum atomic E-state index is 8.12. The third-order valence-electron chi connectivity index (χ3n) is 0. The van der Waals surface area contributed by atoms with Gasteiger partial charge in [0.25, 0.3) is 0 Å². The highest BCUT2D eigenvalue weighted by atomic mass is 16.2. The quantitative estimate of drug-likeness (QED) is 0.555. The zero-order chi connectivity index (χ0) is 4.71. The molecule has 0 unspecified atom stereocenters. The molecule has 0 aliphatic carbocycles. The van der Waals surface area contributed by atoms with Gasteiger partial charge in [0.1, 0.15) is 0 Å². The maximum absolute atomic E-state index is 8.12. The van der Waals surface area contributed by atoms with Gasteiger partial charge in [0.05, 0.1) is 0 Å². The van der Waals surface area contributed by atoms with Gasteiger partial charge in [-0.1, -0.05) is 29.7 Å². The summed E-state index contributed by atoms with van der Waals surface area (Å²) >= 11 is 0. The van der Waals surface area contributed by atoms with Crippen LogP contribution in [0.15, 0.2) is 0 Å². The molecule has 62 valence electrons. The second-order valence-electron chi connectivity index (χ2n) is 0.0833. The summed E-state index contributed by atoms with van der Waals surface area (Å²) in [6.45, 7) is 0. The normalized spacial score (nSPS) is 1.56. The van der Waals surface area contributed by atoms with Crippen molar-refractivity contribution in [3.05, 3.63) is 0 Å². The van der Waals surface area contributed by atoms with Crippen molar-refractivity contribution in [3.63, 3.8) is 0 Å². The summed E-state index contributed by atoms with van der Waals surface area (Å²) in [5.74, 6) is 0. The van der Waals surface area contributed by atoms with Crippen LogP contribution < -0.4 is 0 Å². The van der Waals surface area contributed by atoms with E-state index in [1.165, 1.54) is 0 Å². The van der Waals surface area contributed by atoms with E-state index in [0.29, 0.717) is 0 Å². The van der Waals surface area contributed by atoms with Gasteiger partial charge in [-0.25, -0.2) is 0 Å². The molecule has 0 atom stereocenters. The van der Waals surface area contributed by atoms with Crippen LogP contribution >= 0.6 is 0 Å². The summed E-state index contributed by atoms with van der Waals surface area (Å²) in [5.41, 5.74) is 0. The molecule has 1 N–H and O–H groups in total. The Kier molecular flexibility index (Phi) is 23300. The fraction of sp³-hybridized carbons (Fsp3) is 0.833. The van der Waals surface area contributed by atoms with Crippen LogP contribution in [0.3, 0.4) is 0 Å². The molecule has 0 radical (unpaired) electrons. The lowest BCUT2D eigenvalue weighted by Crippen LogP contribution is -1.25. The van der Waals surface area contributed by atoms with Crippen molar-refractivity contribution < 1.29 is 14.7 Å². The zero-order valence-electron chi connectivity index (χ0n) is 2.76. The van der Waals surface area contributed by atoms with Gasteiger partial charge in [-0.05, 0) is 0 Å². The Morgan fingerprint density at radius 2 is 0.889 bits per heavy atom. The van der Waals surface area contributed by atoms with Crippen molar-refractivity contribution in [1.29, 1.82) is 0 Å². The Bertz CT molecular complexity index is 29.3. The smallest absolute Gasteiger partial charge is 0.373 e. The topological polar surface area (TPSA) is 54.4 Å². The van der Waals surface area contributed by atoms with Crippen molar-refractivity contribution in [2.24, 2.45) is 0 Å². The first-order valence-corrected chi connectivity index (χ1v) is 0.855. The minimum Gasteiger partial charge on any atom is -0.400 e. The number of rotatable bonds is 0. The van der Waals surface area contributed by atoms with Crippen molar-refractivity contribution in [2.75, 3.05) is 7.11 Å². The van der Waals surface area contributed by atoms with Gasteiger partial charge in [0.15, 0.2) is 0 Å². The zero-order valence-corrected chi connectivity index (χ0v) is 2.76. The van der Waals surface area contributed by atoms with Crippen molar-refractivity contribution in [2.45, 2.75) is 29.7 Å². The summed E-state index contributed by atoms with van der Waals surface area (Å²) < 4.78 is 0. The lowest BCUT2D eigenvalue weighted by molar-refractivity contribution is -0.191. The number of hydrogen-bond acceptors (Lipinski definition) is 3. The molecule has 0 fully saturated rings. The van der Waals surface area contributed by atoms with Gasteiger partial charge in [-0.2, -0.15) is 9.59 Å². The van der Waals surface area contributed by atoms with Crippen LogP contribution in [0.2, 0.25) is 0 Å². The monoisotopic (exact) mass is 140 g/mol.